The van der Waals surface area contributed by atoms with Gasteiger partial charge in [-0.1, -0.05) is 13.8 Å². The Labute approximate surface area is 112 Å². The maximum absolute atomic E-state index is 11.0. The fraction of sp³-hybridized carbons (Fsp3) is 0.846. The molecule has 1 heterocycles. The van der Waals surface area contributed by atoms with Gasteiger partial charge in [0.25, 0.3) is 0 Å². The molecule has 3 atom stereocenters. The van der Waals surface area contributed by atoms with Gasteiger partial charge >= 0.3 is 5.97 Å². The van der Waals surface area contributed by atoms with Gasteiger partial charge < -0.3 is 5.11 Å². The number of hydrogen-bond donors (Lipinski definition) is 1. The molecule has 2 aliphatic rings. The maximum atomic E-state index is 11.0. The summed E-state index contributed by atoms with van der Waals surface area (Å²) in [6, 6.07) is -0.153. The van der Waals surface area contributed by atoms with Gasteiger partial charge in [0.05, 0.1) is 12.5 Å². The molecule has 0 aromatic carbocycles. The number of nitrogens with zero attached hydrogens (tertiary/aromatic N) is 4. The number of fused-ring (bicyclic) bond motifs is 1. The third-order valence-corrected chi connectivity index (χ3v) is 4.59. The fourth-order valence-electron chi connectivity index (χ4n) is 3.41. The lowest BCUT2D eigenvalue weighted by Crippen LogP contribution is -2.23. The molecule has 0 aliphatic heterocycles. The standard InChI is InChI=1S/C13H20N4O2/c1-7(2)11(6-12(18)19)17-13(14-15-16-17)10-4-8-3-9(8)5-10/h7-11H,3-6H2,1-2H3,(H,18,19). The first-order chi connectivity index (χ1) is 9.06. The zero-order valence-electron chi connectivity index (χ0n) is 11.4. The van der Waals surface area contributed by atoms with Crippen molar-refractivity contribution in [2.45, 2.75) is 51.5 Å². The predicted octanol–water partition coefficient (Wildman–Crippen LogP) is 1.86. The van der Waals surface area contributed by atoms with Gasteiger partial charge in [0, 0.05) is 5.92 Å². The maximum Gasteiger partial charge on any atom is 0.305 e. The molecule has 0 saturated heterocycles. The largest absolute Gasteiger partial charge is 0.481 e. The molecule has 3 rings (SSSR count). The Kier molecular flexibility index (Phi) is 3.03. The van der Waals surface area contributed by atoms with Gasteiger partial charge in [-0.05, 0) is 47.4 Å². The molecule has 2 fully saturated rings. The molecule has 0 amide bonds. The lowest BCUT2D eigenvalue weighted by molar-refractivity contribution is -0.138. The third-order valence-electron chi connectivity index (χ3n) is 4.59. The second kappa shape index (κ2) is 4.58. The average Bonchev–Trinajstić information content (AvgIpc) is 2.80. The highest BCUT2D eigenvalue weighted by molar-refractivity contribution is 5.67. The van der Waals surface area contributed by atoms with Crippen LogP contribution in [0.25, 0.3) is 0 Å². The van der Waals surface area contributed by atoms with E-state index >= 15 is 0 Å². The van der Waals surface area contributed by atoms with E-state index in [4.69, 9.17) is 5.11 Å². The molecule has 2 saturated carbocycles. The monoisotopic (exact) mass is 264 g/mol. The minimum absolute atomic E-state index is 0.0787. The number of carboxylic acid groups (broad SMARTS) is 1. The summed E-state index contributed by atoms with van der Waals surface area (Å²) in [7, 11) is 0. The van der Waals surface area contributed by atoms with Crippen LogP contribution in [-0.4, -0.2) is 31.3 Å². The number of aromatic nitrogens is 4. The average molecular weight is 264 g/mol. The van der Waals surface area contributed by atoms with Crippen molar-refractivity contribution in [1.29, 1.82) is 0 Å². The molecular weight excluding hydrogens is 244 g/mol. The van der Waals surface area contributed by atoms with Crippen molar-refractivity contribution in [2.24, 2.45) is 17.8 Å². The second-order valence-electron chi connectivity index (χ2n) is 6.32. The molecule has 1 aromatic heterocycles. The molecule has 0 spiro atoms. The van der Waals surface area contributed by atoms with E-state index in [1.54, 1.807) is 4.68 Å². The fourth-order valence-corrected chi connectivity index (χ4v) is 3.41. The quantitative estimate of drug-likeness (QED) is 0.877. The highest BCUT2D eigenvalue weighted by atomic mass is 16.4. The molecule has 3 unspecified atom stereocenters. The van der Waals surface area contributed by atoms with Gasteiger partial charge in [0.1, 0.15) is 0 Å². The van der Waals surface area contributed by atoms with Crippen LogP contribution < -0.4 is 0 Å². The van der Waals surface area contributed by atoms with Crippen LogP contribution in [0.1, 0.15) is 57.3 Å². The van der Waals surface area contributed by atoms with Gasteiger partial charge in [-0.25, -0.2) is 4.68 Å². The molecule has 0 bridgehead atoms. The number of hydrogen-bond acceptors (Lipinski definition) is 4. The van der Waals surface area contributed by atoms with Gasteiger partial charge in [-0.3, -0.25) is 4.79 Å². The highest BCUT2D eigenvalue weighted by Gasteiger charge is 2.48. The smallest absolute Gasteiger partial charge is 0.305 e. The van der Waals surface area contributed by atoms with Crippen LogP contribution in [0.4, 0.5) is 0 Å². The lowest BCUT2D eigenvalue weighted by atomic mass is 9.98. The van der Waals surface area contributed by atoms with Gasteiger partial charge in [0.15, 0.2) is 5.82 Å². The van der Waals surface area contributed by atoms with Gasteiger partial charge in [0.2, 0.25) is 0 Å². The molecule has 2 aliphatic carbocycles. The summed E-state index contributed by atoms with van der Waals surface area (Å²) in [6.07, 6.45) is 3.78. The van der Waals surface area contributed by atoms with Crippen molar-refractivity contribution in [3.8, 4) is 0 Å². The van der Waals surface area contributed by atoms with Crippen LogP contribution >= 0.6 is 0 Å². The first-order valence-electron chi connectivity index (χ1n) is 7.05. The lowest BCUT2D eigenvalue weighted by Gasteiger charge is -2.22. The van der Waals surface area contributed by atoms with Crippen LogP contribution in [0.15, 0.2) is 0 Å². The van der Waals surface area contributed by atoms with E-state index in [1.807, 2.05) is 13.8 Å². The normalized spacial score (nSPS) is 30.4. The zero-order valence-corrected chi connectivity index (χ0v) is 11.4. The molecule has 104 valence electrons. The van der Waals surface area contributed by atoms with Crippen LogP contribution in [0.2, 0.25) is 0 Å². The Morgan fingerprint density at radius 2 is 2.05 bits per heavy atom. The van der Waals surface area contributed by atoms with Gasteiger partial charge in [-0.2, -0.15) is 0 Å². The van der Waals surface area contributed by atoms with E-state index in [2.05, 4.69) is 15.5 Å². The Hall–Kier alpha value is -1.46. The molecule has 6 heteroatoms. The number of rotatable bonds is 5. The van der Waals surface area contributed by atoms with E-state index in [0.29, 0.717) is 5.92 Å². The SMILES string of the molecule is CC(C)C(CC(=O)O)n1nnnc1C1CC2CC2C1. The molecule has 6 nitrogen and oxygen atoms in total. The van der Waals surface area contributed by atoms with E-state index in [-0.39, 0.29) is 18.4 Å². The van der Waals surface area contributed by atoms with Crippen LogP contribution in [0.5, 0.6) is 0 Å². The van der Waals surface area contributed by atoms with E-state index in [9.17, 15) is 4.79 Å². The Morgan fingerprint density at radius 3 is 2.63 bits per heavy atom. The Balaban J connectivity index is 1.82. The third kappa shape index (κ3) is 2.35. The molecule has 19 heavy (non-hydrogen) atoms. The van der Waals surface area contributed by atoms with Crippen LogP contribution in [0.3, 0.4) is 0 Å². The van der Waals surface area contributed by atoms with E-state index in [1.165, 1.54) is 19.3 Å². The number of carboxylic acids is 1. The summed E-state index contributed by atoms with van der Waals surface area (Å²) in [4.78, 5) is 11.0. The summed E-state index contributed by atoms with van der Waals surface area (Å²) in [5.74, 6) is 2.46. The highest BCUT2D eigenvalue weighted by Crippen LogP contribution is 2.57. The van der Waals surface area contributed by atoms with Crippen molar-refractivity contribution in [2.75, 3.05) is 0 Å². The topological polar surface area (TPSA) is 80.9 Å². The second-order valence-corrected chi connectivity index (χ2v) is 6.32. The molecule has 1 N–H and O–H groups in total. The zero-order chi connectivity index (χ0) is 13.6. The summed E-state index contributed by atoms with van der Waals surface area (Å²) in [5, 5.41) is 21.1. The van der Waals surface area contributed by atoms with Crippen molar-refractivity contribution in [1.82, 2.24) is 20.2 Å². The van der Waals surface area contributed by atoms with E-state index < -0.39 is 5.97 Å². The first-order valence-corrected chi connectivity index (χ1v) is 7.05. The van der Waals surface area contributed by atoms with Crippen molar-refractivity contribution >= 4 is 5.97 Å². The molecular formula is C13H20N4O2. The molecule has 1 aromatic rings. The van der Waals surface area contributed by atoms with Crippen LogP contribution in [0, 0.1) is 17.8 Å². The van der Waals surface area contributed by atoms with Crippen molar-refractivity contribution in [3.05, 3.63) is 5.82 Å². The predicted molar refractivity (Wildman–Crippen MR) is 67.5 cm³/mol. The summed E-state index contributed by atoms with van der Waals surface area (Å²) in [5.41, 5.74) is 0. The number of tetrazole rings is 1. The summed E-state index contributed by atoms with van der Waals surface area (Å²) in [6.45, 7) is 4.04. The van der Waals surface area contributed by atoms with Gasteiger partial charge in [-0.15, -0.1) is 5.10 Å². The minimum atomic E-state index is -0.797. The Bertz CT molecular complexity index is 475. The minimum Gasteiger partial charge on any atom is -0.481 e. The van der Waals surface area contributed by atoms with E-state index in [0.717, 1.165) is 17.7 Å². The van der Waals surface area contributed by atoms with Crippen LogP contribution in [-0.2, 0) is 4.79 Å². The Morgan fingerprint density at radius 1 is 1.37 bits per heavy atom. The number of carbonyl (C=O) groups is 1. The summed E-state index contributed by atoms with van der Waals surface area (Å²) >= 11 is 0. The number of aliphatic carboxylic acids is 1. The van der Waals surface area contributed by atoms with Crippen molar-refractivity contribution in [3.63, 3.8) is 0 Å². The first kappa shape index (κ1) is 12.6. The summed E-state index contributed by atoms with van der Waals surface area (Å²) < 4.78 is 1.77. The van der Waals surface area contributed by atoms with Crippen molar-refractivity contribution < 1.29 is 9.90 Å². The molecule has 0 radical (unpaired) electrons.